The minimum atomic E-state index is -1.30. The SMILES string of the molecule is C/C=C(/C(=O)O)c1c(C(CC)CCCCC)cc([N+](=O)[O-])cc1[N+](=O)[O-]. The quantitative estimate of drug-likeness (QED) is 0.268. The van der Waals surface area contributed by atoms with Crippen molar-refractivity contribution >= 4 is 22.9 Å². The summed E-state index contributed by atoms with van der Waals surface area (Å²) in [5.74, 6) is -1.49. The molecular formula is C18H24N2O6. The zero-order valence-electron chi connectivity index (χ0n) is 15.2. The lowest BCUT2D eigenvalue weighted by Crippen LogP contribution is -2.11. The molecule has 1 N–H and O–H groups in total. The minimum Gasteiger partial charge on any atom is -0.478 e. The number of unbranched alkanes of at least 4 members (excludes halogenated alkanes) is 2. The molecule has 0 bridgehead atoms. The number of benzene rings is 1. The third-order valence-electron chi connectivity index (χ3n) is 4.42. The van der Waals surface area contributed by atoms with Gasteiger partial charge in [0.25, 0.3) is 11.4 Å². The van der Waals surface area contributed by atoms with Crippen LogP contribution in [0.1, 0.15) is 69.9 Å². The number of nitro groups is 2. The Morgan fingerprint density at radius 3 is 2.27 bits per heavy atom. The number of carboxylic acids is 1. The molecule has 8 nitrogen and oxygen atoms in total. The Labute approximate surface area is 151 Å². The van der Waals surface area contributed by atoms with Crippen LogP contribution in [-0.4, -0.2) is 20.9 Å². The molecule has 0 saturated heterocycles. The van der Waals surface area contributed by atoms with E-state index in [9.17, 15) is 30.1 Å². The Morgan fingerprint density at radius 1 is 1.19 bits per heavy atom. The third-order valence-corrected chi connectivity index (χ3v) is 4.42. The predicted molar refractivity (Wildman–Crippen MR) is 98.2 cm³/mol. The van der Waals surface area contributed by atoms with E-state index in [1.54, 1.807) is 0 Å². The van der Waals surface area contributed by atoms with E-state index in [1.165, 1.54) is 19.1 Å². The molecule has 0 radical (unpaired) electrons. The van der Waals surface area contributed by atoms with Gasteiger partial charge in [0.2, 0.25) is 0 Å². The van der Waals surface area contributed by atoms with Crippen LogP contribution in [0.3, 0.4) is 0 Å². The number of nitro benzene ring substituents is 2. The van der Waals surface area contributed by atoms with Crippen molar-refractivity contribution in [3.8, 4) is 0 Å². The van der Waals surface area contributed by atoms with Crippen molar-refractivity contribution in [2.24, 2.45) is 0 Å². The number of hydrogen-bond acceptors (Lipinski definition) is 5. The fraction of sp³-hybridized carbons (Fsp3) is 0.500. The zero-order chi connectivity index (χ0) is 19.9. The standard InChI is InChI=1S/C18H24N2O6/c1-4-7-8-9-12(5-2)15-10-13(19(23)24)11-16(20(25)26)17(15)14(6-3)18(21)22/h6,10-12H,4-5,7-9H2,1-3H3,(H,21,22)/b14-6+. The van der Waals surface area contributed by atoms with Gasteiger partial charge in [-0.3, -0.25) is 20.2 Å². The average molecular weight is 364 g/mol. The highest BCUT2D eigenvalue weighted by Crippen LogP contribution is 2.40. The molecular weight excluding hydrogens is 340 g/mol. The van der Waals surface area contributed by atoms with Crippen molar-refractivity contribution in [2.45, 2.75) is 58.8 Å². The van der Waals surface area contributed by atoms with E-state index in [-0.39, 0.29) is 17.1 Å². The van der Waals surface area contributed by atoms with Crippen LogP contribution in [0.25, 0.3) is 5.57 Å². The molecule has 1 unspecified atom stereocenters. The molecule has 0 spiro atoms. The molecule has 1 aromatic rings. The maximum absolute atomic E-state index is 11.6. The molecule has 8 heteroatoms. The molecule has 0 aliphatic carbocycles. The van der Waals surface area contributed by atoms with Gasteiger partial charge in [-0.2, -0.15) is 0 Å². The second-order valence-corrected chi connectivity index (χ2v) is 6.05. The lowest BCUT2D eigenvalue weighted by molar-refractivity contribution is -0.394. The second kappa shape index (κ2) is 9.65. The van der Waals surface area contributed by atoms with Crippen molar-refractivity contribution in [3.63, 3.8) is 0 Å². The lowest BCUT2D eigenvalue weighted by atomic mass is 9.84. The summed E-state index contributed by atoms with van der Waals surface area (Å²) in [5, 5.41) is 32.2. The zero-order valence-corrected chi connectivity index (χ0v) is 15.2. The Hall–Kier alpha value is -2.77. The van der Waals surface area contributed by atoms with Crippen molar-refractivity contribution < 1.29 is 19.7 Å². The highest BCUT2D eigenvalue weighted by atomic mass is 16.6. The Kier molecular flexibility index (Phi) is 7.89. The first-order chi connectivity index (χ1) is 12.3. The van der Waals surface area contributed by atoms with Gasteiger partial charge in [0.15, 0.2) is 0 Å². The van der Waals surface area contributed by atoms with Gasteiger partial charge in [-0.25, -0.2) is 4.79 Å². The summed E-state index contributed by atoms with van der Waals surface area (Å²) in [7, 11) is 0. The number of aliphatic carboxylic acids is 1. The van der Waals surface area contributed by atoms with E-state index in [2.05, 4.69) is 0 Å². The van der Waals surface area contributed by atoms with Crippen LogP contribution in [0.2, 0.25) is 0 Å². The molecule has 0 amide bonds. The first-order valence-electron chi connectivity index (χ1n) is 8.65. The number of non-ortho nitro benzene ring substituents is 1. The fourth-order valence-corrected chi connectivity index (χ4v) is 3.09. The van der Waals surface area contributed by atoms with Gasteiger partial charge in [-0.05, 0) is 31.2 Å². The van der Waals surface area contributed by atoms with Crippen molar-refractivity contribution in [2.75, 3.05) is 0 Å². The van der Waals surface area contributed by atoms with Crippen molar-refractivity contribution in [1.82, 2.24) is 0 Å². The summed E-state index contributed by atoms with van der Waals surface area (Å²) in [6.45, 7) is 5.42. The lowest BCUT2D eigenvalue weighted by Gasteiger charge is -2.19. The Balaban J connectivity index is 3.73. The molecule has 0 aliphatic rings. The molecule has 0 aliphatic heterocycles. The smallest absolute Gasteiger partial charge is 0.336 e. The minimum absolute atomic E-state index is 0.0288. The van der Waals surface area contributed by atoms with E-state index in [0.717, 1.165) is 25.3 Å². The van der Waals surface area contributed by atoms with E-state index >= 15 is 0 Å². The average Bonchev–Trinajstić information content (AvgIpc) is 2.58. The van der Waals surface area contributed by atoms with Crippen LogP contribution >= 0.6 is 0 Å². The first kappa shape index (κ1) is 21.3. The fourth-order valence-electron chi connectivity index (χ4n) is 3.09. The topological polar surface area (TPSA) is 124 Å². The number of carbonyl (C=O) groups is 1. The monoisotopic (exact) mass is 364 g/mol. The van der Waals surface area contributed by atoms with E-state index in [0.29, 0.717) is 18.4 Å². The number of nitrogens with zero attached hydrogens (tertiary/aromatic N) is 2. The van der Waals surface area contributed by atoms with Gasteiger partial charge in [-0.1, -0.05) is 39.2 Å². The summed E-state index contributed by atoms with van der Waals surface area (Å²) in [5.41, 5.74) is -0.821. The van der Waals surface area contributed by atoms with E-state index < -0.39 is 27.2 Å². The van der Waals surface area contributed by atoms with E-state index in [4.69, 9.17) is 0 Å². The van der Waals surface area contributed by atoms with Crippen molar-refractivity contribution in [3.05, 3.63) is 49.6 Å². The number of hydrogen-bond donors (Lipinski definition) is 1. The maximum atomic E-state index is 11.6. The Morgan fingerprint density at radius 2 is 1.85 bits per heavy atom. The second-order valence-electron chi connectivity index (χ2n) is 6.05. The van der Waals surface area contributed by atoms with E-state index in [1.807, 2.05) is 13.8 Å². The third kappa shape index (κ3) is 4.87. The summed E-state index contributed by atoms with van der Waals surface area (Å²) in [6, 6.07) is 2.12. The van der Waals surface area contributed by atoms with Gasteiger partial charge in [0.1, 0.15) is 0 Å². The summed E-state index contributed by atoms with van der Waals surface area (Å²) in [4.78, 5) is 32.9. The highest BCUT2D eigenvalue weighted by molar-refractivity contribution is 6.17. The molecule has 26 heavy (non-hydrogen) atoms. The van der Waals surface area contributed by atoms with Gasteiger partial charge < -0.3 is 5.11 Å². The number of rotatable bonds is 10. The molecule has 0 heterocycles. The highest BCUT2D eigenvalue weighted by Gasteiger charge is 2.31. The Bertz CT molecular complexity index is 727. The predicted octanol–water partition coefficient (Wildman–Crippen LogP) is 5.06. The molecule has 0 fully saturated rings. The van der Waals surface area contributed by atoms with Crippen LogP contribution in [-0.2, 0) is 4.79 Å². The van der Waals surface area contributed by atoms with Crippen LogP contribution in [0.5, 0.6) is 0 Å². The van der Waals surface area contributed by atoms with Crippen LogP contribution in [0.4, 0.5) is 11.4 Å². The molecule has 0 saturated carbocycles. The first-order valence-corrected chi connectivity index (χ1v) is 8.65. The molecule has 1 rings (SSSR count). The molecule has 0 aromatic heterocycles. The van der Waals surface area contributed by atoms with Crippen LogP contribution in [0.15, 0.2) is 18.2 Å². The van der Waals surface area contributed by atoms with Gasteiger partial charge >= 0.3 is 5.97 Å². The van der Waals surface area contributed by atoms with Crippen LogP contribution in [0, 0.1) is 20.2 Å². The van der Waals surface area contributed by atoms with Crippen LogP contribution < -0.4 is 0 Å². The largest absolute Gasteiger partial charge is 0.478 e. The van der Waals surface area contributed by atoms with Gasteiger partial charge in [0.05, 0.1) is 27.0 Å². The number of carboxylic acid groups (broad SMARTS) is 1. The van der Waals surface area contributed by atoms with Crippen molar-refractivity contribution in [1.29, 1.82) is 0 Å². The number of allylic oxidation sites excluding steroid dienone is 1. The molecule has 1 aromatic carbocycles. The van der Waals surface area contributed by atoms with Gasteiger partial charge in [0, 0.05) is 6.07 Å². The summed E-state index contributed by atoms with van der Waals surface area (Å²) >= 11 is 0. The molecule has 142 valence electrons. The summed E-state index contributed by atoms with van der Waals surface area (Å²) in [6.07, 6.45) is 5.41. The van der Waals surface area contributed by atoms with Gasteiger partial charge in [-0.15, -0.1) is 0 Å². The maximum Gasteiger partial charge on any atom is 0.336 e. The summed E-state index contributed by atoms with van der Waals surface area (Å²) < 4.78 is 0. The normalized spacial score (nSPS) is 12.7. The molecule has 1 atom stereocenters.